The Labute approximate surface area is 186 Å². The third-order valence-electron chi connectivity index (χ3n) is 5.53. The van der Waals surface area contributed by atoms with E-state index in [9.17, 15) is 9.59 Å². The minimum Gasteiger partial charge on any atom is -0.466 e. The van der Waals surface area contributed by atoms with Gasteiger partial charge in [0.25, 0.3) is 0 Å². The molecule has 4 heteroatoms. The van der Waals surface area contributed by atoms with Gasteiger partial charge in [-0.15, -0.1) is 0 Å². The second-order valence-corrected chi connectivity index (χ2v) is 8.60. The summed E-state index contributed by atoms with van der Waals surface area (Å²) in [6, 6.07) is 0. The first-order valence-electron chi connectivity index (χ1n) is 13.0. The van der Waals surface area contributed by atoms with Gasteiger partial charge in [0.1, 0.15) is 0 Å². The van der Waals surface area contributed by atoms with Crippen molar-refractivity contribution in [3.63, 3.8) is 0 Å². The molecule has 0 aromatic carbocycles. The van der Waals surface area contributed by atoms with Crippen molar-refractivity contribution in [3.05, 3.63) is 0 Å². The number of hydrogen-bond acceptors (Lipinski definition) is 4. The van der Waals surface area contributed by atoms with Crippen molar-refractivity contribution in [2.45, 2.75) is 142 Å². The molecule has 0 aliphatic rings. The molecule has 0 saturated carbocycles. The molecule has 0 unspecified atom stereocenters. The van der Waals surface area contributed by atoms with E-state index in [0.717, 1.165) is 51.4 Å². The number of rotatable bonds is 23. The minimum absolute atomic E-state index is 0.0244. The van der Waals surface area contributed by atoms with Crippen molar-refractivity contribution in [1.82, 2.24) is 0 Å². The molecule has 4 nitrogen and oxygen atoms in total. The molecule has 0 aromatic heterocycles. The fourth-order valence-corrected chi connectivity index (χ4v) is 3.53. The van der Waals surface area contributed by atoms with Gasteiger partial charge < -0.3 is 9.47 Å². The molecule has 0 rings (SSSR count). The first-order chi connectivity index (χ1) is 14.7. The molecular formula is C26H50O4. The first kappa shape index (κ1) is 28.9. The van der Waals surface area contributed by atoms with E-state index in [1.165, 1.54) is 64.2 Å². The van der Waals surface area contributed by atoms with Crippen molar-refractivity contribution in [1.29, 1.82) is 0 Å². The van der Waals surface area contributed by atoms with Crippen LogP contribution in [0.4, 0.5) is 0 Å². The van der Waals surface area contributed by atoms with Crippen LogP contribution >= 0.6 is 0 Å². The van der Waals surface area contributed by atoms with Gasteiger partial charge in [-0.1, -0.05) is 104 Å². The van der Waals surface area contributed by atoms with Gasteiger partial charge in [0.15, 0.2) is 0 Å². The summed E-state index contributed by atoms with van der Waals surface area (Å²) in [5, 5.41) is 0. The van der Waals surface area contributed by atoms with E-state index in [2.05, 4.69) is 13.8 Å². The molecule has 0 N–H and O–H groups in total. The summed E-state index contributed by atoms with van der Waals surface area (Å²) in [5.74, 6) is -0.0487. The highest BCUT2D eigenvalue weighted by Crippen LogP contribution is 2.10. The van der Waals surface area contributed by atoms with Crippen LogP contribution in [-0.4, -0.2) is 25.2 Å². The topological polar surface area (TPSA) is 52.6 Å². The van der Waals surface area contributed by atoms with E-state index in [-0.39, 0.29) is 11.9 Å². The zero-order chi connectivity index (χ0) is 22.1. The number of hydrogen-bond donors (Lipinski definition) is 0. The number of esters is 2. The minimum atomic E-state index is -0.0244. The smallest absolute Gasteiger partial charge is 0.305 e. The molecule has 0 fully saturated rings. The fourth-order valence-electron chi connectivity index (χ4n) is 3.53. The normalized spacial score (nSPS) is 10.9. The number of carbonyl (C=O) groups excluding carboxylic acids is 2. The van der Waals surface area contributed by atoms with Gasteiger partial charge in [0.05, 0.1) is 13.2 Å². The van der Waals surface area contributed by atoms with Crippen molar-refractivity contribution < 1.29 is 19.1 Å². The van der Waals surface area contributed by atoms with Crippen molar-refractivity contribution >= 4 is 11.9 Å². The highest BCUT2D eigenvalue weighted by atomic mass is 16.5. The maximum absolute atomic E-state index is 11.6. The Hall–Kier alpha value is -1.06. The van der Waals surface area contributed by atoms with Crippen molar-refractivity contribution in [3.8, 4) is 0 Å². The van der Waals surface area contributed by atoms with Gasteiger partial charge in [0, 0.05) is 12.8 Å². The van der Waals surface area contributed by atoms with Crippen LogP contribution in [0, 0.1) is 0 Å². The highest BCUT2D eigenvalue weighted by Gasteiger charge is 2.03. The maximum atomic E-state index is 11.6. The van der Waals surface area contributed by atoms with E-state index in [0.29, 0.717) is 26.1 Å². The predicted molar refractivity (Wildman–Crippen MR) is 126 cm³/mol. The number of ether oxygens (including phenoxy) is 2. The Morgan fingerprint density at radius 1 is 0.433 bits per heavy atom. The molecule has 0 spiro atoms. The van der Waals surface area contributed by atoms with Gasteiger partial charge >= 0.3 is 11.9 Å². The average molecular weight is 427 g/mol. The van der Waals surface area contributed by atoms with Crippen molar-refractivity contribution in [2.24, 2.45) is 0 Å². The zero-order valence-electron chi connectivity index (χ0n) is 20.2. The summed E-state index contributed by atoms with van der Waals surface area (Å²) in [6.07, 6.45) is 22.0. The predicted octanol–water partition coefficient (Wildman–Crippen LogP) is 7.91. The Balaban J connectivity index is 3.20. The summed E-state index contributed by atoms with van der Waals surface area (Å²) < 4.78 is 10.6. The van der Waals surface area contributed by atoms with Gasteiger partial charge in [-0.2, -0.15) is 0 Å². The number of carbonyl (C=O) groups is 2. The monoisotopic (exact) mass is 426 g/mol. The summed E-state index contributed by atoms with van der Waals surface area (Å²) in [4.78, 5) is 23.2. The van der Waals surface area contributed by atoms with Crippen LogP contribution in [0.15, 0.2) is 0 Å². The maximum Gasteiger partial charge on any atom is 0.305 e. The molecular weight excluding hydrogens is 376 g/mol. The molecule has 0 heterocycles. The third-order valence-corrected chi connectivity index (χ3v) is 5.53. The Morgan fingerprint density at radius 3 is 1.10 bits per heavy atom. The van der Waals surface area contributed by atoms with Crippen LogP contribution in [-0.2, 0) is 19.1 Å². The highest BCUT2D eigenvalue weighted by molar-refractivity contribution is 5.69. The molecule has 0 aromatic rings. The summed E-state index contributed by atoms with van der Waals surface area (Å²) in [5.41, 5.74) is 0. The van der Waals surface area contributed by atoms with Crippen LogP contribution < -0.4 is 0 Å². The van der Waals surface area contributed by atoms with Crippen molar-refractivity contribution in [2.75, 3.05) is 13.2 Å². The lowest BCUT2D eigenvalue weighted by molar-refractivity contribution is -0.144. The Kier molecular flexibility index (Phi) is 23.4. The molecule has 30 heavy (non-hydrogen) atoms. The summed E-state index contributed by atoms with van der Waals surface area (Å²) in [7, 11) is 0. The van der Waals surface area contributed by atoms with Gasteiger partial charge in [0.2, 0.25) is 0 Å². The molecule has 178 valence electrons. The van der Waals surface area contributed by atoms with Crippen LogP contribution in [0.2, 0.25) is 0 Å². The molecule has 0 amide bonds. The molecule has 0 aliphatic carbocycles. The zero-order valence-corrected chi connectivity index (χ0v) is 20.2. The molecule has 0 atom stereocenters. The van der Waals surface area contributed by atoms with E-state index < -0.39 is 0 Å². The summed E-state index contributed by atoms with van der Waals surface area (Å²) >= 11 is 0. The van der Waals surface area contributed by atoms with Crippen LogP contribution in [0.25, 0.3) is 0 Å². The standard InChI is InChI=1S/C26H50O4/c1-3-5-7-13-17-21-25(27)29-23-19-15-11-9-10-12-16-20-24-30-26(28)22-18-14-8-6-4-2/h3-24H2,1-2H3. The lowest BCUT2D eigenvalue weighted by atomic mass is 10.1. The Bertz CT molecular complexity index is 345. The number of unbranched alkanes of at least 4 members (excludes halogenated alkanes) is 15. The quantitative estimate of drug-likeness (QED) is 0.123. The fraction of sp³-hybridized carbons (Fsp3) is 0.923. The molecule has 0 aliphatic heterocycles. The third kappa shape index (κ3) is 23.2. The molecule has 0 saturated heterocycles. The van der Waals surface area contributed by atoms with Gasteiger partial charge in [-0.3, -0.25) is 9.59 Å². The summed E-state index contributed by atoms with van der Waals surface area (Å²) in [6.45, 7) is 5.56. The lowest BCUT2D eigenvalue weighted by Gasteiger charge is -2.06. The van der Waals surface area contributed by atoms with E-state index in [1.54, 1.807) is 0 Å². The van der Waals surface area contributed by atoms with Gasteiger partial charge in [-0.25, -0.2) is 0 Å². The second kappa shape index (κ2) is 24.2. The van der Waals surface area contributed by atoms with Gasteiger partial charge in [-0.05, 0) is 25.7 Å². The second-order valence-electron chi connectivity index (χ2n) is 8.60. The molecule has 0 bridgehead atoms. The largest absolute Gasteiger partial charge is 0.466 e. The Morgan fingerprint density at radius 2 is 0.733 bits per heavy atom. The van der Waals surface area contributed by atoms with E-state index in [1.807, 2.05) is 0 Å². The lowest BCUT2D eigenvalue weighted by Crippen LogP contribution is -2.05. The van der Waals surface area contributed by atoms with Crippen LogP contribution in [0.5, 0.6) is 0 Å². The van der Waals surface area contributed by atoms with E-state index in [4.69, 9.17) is 9.47 Å². The van der Waals surface area contributed by atoms with Crippen LogP contribution in [0.1, 0.15) is 142 Å². The molecule has 0 radical (unpaired) electrons. The first-order valence-corrected chi connectivity index (χ1v) is 13.0. The van der Waals surface area contributed by atoms with Crippen LogP contribution in [0.3, 0.4) is 0 Å². The average Bonchev–Trinajstić information content (AvgIpc) is 2.74. The SMILES string of the molecule is CCCCCCCC(=O)OCCCCCCCCCCOC(=O)CCCCCCC. The van der Waals surface area contributed by atoms with E-state index >= 15 is 0 Å².